The van der Waals surface area contributed by atoms with Gasteiger partial charge < -0.3 is 9.47 Å². The van der Waals surface area contributed by atoms with Crippen LogP contribution in [0, 0.1) is 0 Å². The third kappa shape index (κ3) is 5.56. The Kier molecular flexibility index (Phi) is 6.15. The van der Waals surface area contributed by atoms with Gasteiger partial charge in [-0.15, -0.1) is 18.3 Å². The molecule has 152 valence electrons. The number of benzene rings is 2. The zero-order valence-corrected chi connectivity index (χ0v) is 15.6. The van der Waals surface area contributed by atoms with Gasteiger partial charge in [0.05, 0.1) is 19.9 Å². The van der Waals surface area contributed by atoms with Crippen molar-refractivity contribution in [1.82, 2.24) is 14.8 Å². The highest BCUT2D eigenvalue weighted by atomic mass is 19.4. The quantitative estimate of drug-likeness (QED) is 0.481. The molecule has 0 saturated heterocycles. The monoisotopic (exact) mass is 407 g/mol. The van der Waals surface area contributed by atoms with Gasteiger partial charge in [-0.2, -0.15) is 5.48 Å². The second-order valence-electron chi connectivity index (χ2n) is 5.78. The number of ether oxygens (including phenoxy) is 2. The van der Waals surface area contributed by atoms with E-state index in [0.717, 1.165) is 11.3 Å². The summed E-state index contributed by atoms with van der Waals surface area (Å²) < 4.78 is 47.4. The number of nitrogens with zero attached hydrogens (tertiary/aromatic N) is 3. The lowest BCUT2D eigenvalue weighted by molar-refractivity contribution is -0.830. The fraction of sp³-hybridized carbons (Fsp3) is 0.158. The summed E-state index contributed by atoms with van der Waals surface area (Å²) in [7, 11) is 3.14. The average Bonchev–Trinajstić information content (AvgIpc) is 3.15. The maximum atomic E-state index is 12.2. The first-order valence-electron chi connectivity index (χ1n) is 8.38. The molecule has 0 atom stereocenters. The van der Waals surface area contributed by atoms with Gasteiger partial charge in [0.2, 0.25) is 0 Å². The Labute approximate surface area is 164 Å². The molecule has 0 spiro atoms. The summed E-state index contributed by atoms with van der Waals surface area (Å²) in [5.74, 6) is 0.782. The van der Waals surface area contributed by atoms with Gasteiger partial charge in [-0.05, 0) is 42.5 Å². The van der Waals surface area contributed by atoms with Crippen molar-refractivity contribution < 1.29 is 33.0 Å². The summed E-state index contributed by atoms with van der Waals surface area (Å²) in [6, 6.07) is 10.9. The van der Waals surface area contributed by atoms with Crippen LogP contribution in [-0.2, 0) is 4.84 Å². The number of hydrogen-bond donors (Lipinski definition) is 1. The van der Waals surface area contributed by atoms with Crippen molar-refractivity contribution in [3.63, 3.8) is 0 Å². The van der Waals surface area contributed by atoms with E-state index in [2.05, 4.69) is 14.8 Å². The van der Waals surface area contributed by atoms with E-state index >= 15 is 0 Å². The van der Waals surface area contributed by atoms with E-state index in [1.54, 1.807) is 31.9 Å². The minimum Gasteiger partial charge on any atom is -0.496 e. The molecule has 3 aromatic rings. The topological polar surface area (TPSA) is 75.0 Å². The van der Waals surface area contributed by atoms with E-state index in [-0.39, 0.29) is 5.75 Å². The number of rotatable bonds is 7. The Hall–Kier alpha value is -3.37. The minimum absolute atomic E-state index is 0.303. The summed E-state index contributed by atoms with van der Waals surface area (Å²) in [5.41, 5.74) is 3.83. The molecule has 0 bridgehead atoms. The van der Waals surface area contributed by atoms with Crippen molar-refractivity contribution in [3.8, 4) is 17.2 Å². The van der Waals surface area contributed by atoms with Gasteiger partial charge in [-0.25, -0.2) is 14.5 Å². The van der Waals surface area contributed by atoms with E-state index in [0.29, 0.717) is 17.3 Å². The third-order valence-corrected chi connectivity index (χ3v) is 3.77. The van der Waals surface area contributed by atoms with Gasteiger partial charge in [-0.3, -0.25) is 0 Å². The fourth-order valence-electron chi connectivity index (χ4n) is 2.52. The second-order valence-corrected chi connectivity index (χ2v) is 5.78. The molecule has 0 aliphatic heterocycles. The van der Waals surface area contributed by atoms with E-state index in [1.165, 1.54) is 35.3 Å². The Balaban J connectivity index is 1.73. The van der Waals surface area contributed by atoms with Crippen molar-refractivity contribution >= 4 is 17.8 Å². The van der Waals surface area contributed by atoms with Gasteiger partial charge in [-0.1, -0.05) is 0 Å². The molecule has 0 unspecified atom stereocenters. The van der Waals surface area contributed by atoms with E-state index in [1.807, 2.05) is 18.2 Å². The second kappa shape index (κ2) is 8.76. The first-order valence-corrected chi connectivity index (χ1v) is 8.38. The number of nitrogens with two attached hydrogens (primary N) is 1. The predicted octanol–water partition coefficient (Wildman–Crippen LogP) is 3.10. The number of alkyl halides is 3. The molecule has 29 heavy (non-hydrogen) atoms. The number of halogens is 3. The molecular weight excluding hydrogens is 389 g/mol. The van der Waals surface area contributed by atoms with Gasteiger partial charge in [0, 0.05) is 17.7 Å². The van der Waals surface area contributed by atoms with E-state index in [9.17, 15) is 13.2 Å². The SMILES string of the molecule is CO[NH2+]c1ccc(/C=C/c2ncn(-c3ccc(OC(F)(F)F)cc3)n2)c(OC)c1. The van der Waals surface area contributed by atoms with Crippen LogP contribution in [0.2, 0.25) is 0 Å². The van der Waals surface area contributed by atoms with Crippen LogP contribution < -0.4 is 15.0 Å². The lowest BCUT2D eigenvalue weighted by Crippen LogP contribution is -2.75. The van der Waals surface area contributed by atoms with Crippen molar-refractivity contribution in [2.75, 3.05) is 14.2 Å². The molecule has 1 heterocycles. The molecular formula is C19H18F3N4O3+. The van der Waals surface area contributed by atoms with Crippen LogP contribution in [0.15, 0.2) is 48.8 Å². The molecule has 0 radical (unpaired) electrons. The van der Waals surface area contributed by atoms with Gasteiger partial charge in [0.1, 0.15) is 17.8 Å². The molecule has 0 saturated carbocycles. The molecule has 10 heteroatoms. The summed E-state index contributed by atoms with van der Waals surface area (Å²) in [6.07, 6.45) is 0.241. The lowest BCUT2D eigenvalue weighted by atomic mass is 10.1. The molecule has 2 N–H and O–H groups in total. The fourth-order valence-corrected chi connectivity index (χ4v) is 2.52. The van der Waals surface area contributed by atoms with Crippen molar-refractivity contribution in [1.29, 1.82) is 0 Å². The number of hydrogen-bond acceptors (Lipinski definition) is 5. The molecule has 7 nitrogen and oxygen atoms in total. The zero-order valence-electron chi connectivity index (χ0n) is 15.6. The standard InChI is InChI=1S/C19H17F3N4O3/c1-27-17-11-14(25-28-2)5-3-13(17)4-10-18-23-12-26(24-18)15-6-8-16(9-7-15)29-19(20,21)22/h3-12,25H,1-2H3/p+1/b10-4+. The first kappa shape index (κ1) is 20.4. The highest BCUT2D eigenvalue weighted by molar-refractivity contribution is 5.71. The largest absolute Gasteiger partial charge is 0.573 e. The van der Waals surface area contributed by atoms with Crippen molar-refractivity contribution in [2.24, 2.45) is 0 Å². The van der Waals surface area contributed by atoms with Crippen LogP contribution in [0.1, 0.15) is 11.4 Å². The van der Waals surface area contributed by atoms with Crippen LogP contribution >= 0.6 is 0 Å². The Morgan fingerprint density at radius 2 is 1.79 bits per heavy atom. The molecule has 1 aromatic heterocycles. The number of quaternary nitrogens is 1. The predicted molar refractivity (Wildman–Crippen MR) is 98.6 cm³/mol. The molecule has 0 aliphatic rings. The summed E-state index contributed by atoms with van der Waals surface area (Å²) >= 11 is 0. The number of methoxy groups -OCH3 is 1. The van der Waals surface area contributed by atoms with Gasteiger partial charge >= 0.3 is 6.36 Å². The van der Waals surface area contributed by atoms with Crippen LogP contribution in [-0.4, -0.2) is 35.3 Å². The van der Waals surface area contributed by atoms with Gasteiger partial charge in [0.15, 0.2) is 11.5 Å². The number of aromatic nitrogens is 3. The zero-order chi connectivity index (χ0) is 20.9. The van der Waals surface area contributed by atoms with Crippen LogP contribution in [0.5, 0.6) is 11.5 Å². The van der Waals surface area contributed by atoms with E-state index in [4.69, 9.17) is 9.57 Å². The molecule has 3 rings (SSSR count). The maximum absolute atomic E-state index is 12.2. The Morgan fingerprint density at radius 1 is 1.03 bits per heavy atom. The highest BCUT2D eigenvalue weighted by Crippen LogP contribution is 2.24. The molecule has 0 fully saturated rings. The first-order chi connectivity index (χ1) is 13.9. The van der Waals surface area contributed by atoms with Crippen molar-refractivity contribution in [2.45, 2.75) is 6.36 Å². The van der Waals surface area contributed by atoms with Crippen LogP contribution in [0.4, 0.5) is 18.9 Å². The molecule has 0 aliphatic carbocycles. The Bertz CT molecular complexity index is 985. The third-order valence-electron chi connectivity index (χ3n) is 3.77. The molecule has 0 amide bonds. The summed E-state index contributed by atoms with van der Waals surface area (Å²) in [4.78, 5) is 9.17. The van der Waals surface area contributed by atoms with Crippen molar-refractivity contribution in [3.05, 3.63) is 60.2 Å². The van der Waals surface area contributed by atoms with Crippen LogP contribution in [0.25, 0.3) is 17.8 Å². The Morgan fingerprint density at radius 3 is 2.45 bits per heavy atom. The molecule has 2 aromatic carbocycles. The smallest absolute Gasteiger partial charge is 0.496 e. The summed E-state index contributed by atoms with van der Waals surface area (Å²) in [5, 5.41) is 4.29. The van der Waals surface area contributed by atoms with E-state index < -0.39 is 6.36 Å². The maximum Gasteiger partial charge on any atom is 0.573 e. The normalized spacial score (nSPS) is 11.8. The van der Waals surface area contributed by atoms with Crippen LogP contribution in [0.3, 0.4) is 0 Å². The summed E-state index contributed by atoms with van der Waals surface area (Å²) in [6.45, 7) is 0. The minimum atomic E-state index is -4.73. The highest BCUT2D eigenvalue weighted by Gasteiger charge is 2.30. The average molecular weight is 407 g/mol. The lowest BCUT2D eigenvalue weighted by Gasteiger charge is -2.09. The van der Waals surface area contributed by atoms with Gasteiger partial charge in [0.25, 0.3) is 0 Å².